The number of nitrogens with one attached hydrogen (secondary N) is 1. The van der Waals surface area contributed by atoms with Gasteiger partial charge in [0.25, 0.3) is 0 Å². The van der Waals surface area contributed by atoms with Gasteiger partial charge in [-0.15, -0.1) is 0 Å². The summed E-state index contributed by atoms with van der Waals surface area (Å²) in [7, 11) is 0. The third-order valence-corrected chi connectivity index (χ3v) is 3.95. The molecule has 1 aliphatic rings. The standard InChI is InChI=1S/C16H24N2O2/c1-2-14(12-19)17-16(20)15-9-6-10-18(15)11-13-7-4-3-5-8-13/h3-5,7-8,14-15,19H,2,6,9-12H2,1H3,(H,17,20). The first-order valence-corrected chi connectivity index (χ1v) is 7.43. The number of benzene rings is 1. The Bertz CT molecular complexity index is 418. The van der Waals surface area contributed by atoms with Gasteiger partial charge in [-0.3, -0.25) is 9.69 Å². The van der Waals surface area contributed by atoms with Crippen LogP contribution < -0.4 is 5.32 Å². The average Bonchev–Trinajstić information content (AvgIpc) is 2.94. The summed E-state index contributed by atoms with van der Waals surface area (Å²) >= 11 is 0. The second kappa shape index (κ2) is 7.41. The van der Waals surface area contributed by atoms with Gasteiger partial charge in [0.15, 0.2) is 0 Å². The second-order valence-electron chi connectivity index (χ2n) is 5.41. The molecular formula is C16H24N2O2. The molecule has 0 saturated carbocycles. The van der Waals surface area contributed by atoms with Crippen molar-refractivity contribution in [1.82, 2.24) is 10.2 Å². The molecular weight excluding hydrogens is 252 g/mol. The van der Waals surface area contributed by atoms with Gasteiger partial charge in [-0.25, -0.2) is 0 Å². The molecule has 110 valence electrons. The number of likely N-dealkylation sites (tertiary alicyclic amines) is 1. The molecule has 1 heterocycles. The van der Waals surface area contributed by atoms with Gasteiger partial charge in [-0.1, -0.05) is 37.3 Å². The van der Waals surface area contributed by atoms with Crippen LogP contribution in [0.4, 0.5) is 0 Å². The van der Waals surface area contributed by atoms with Crippen molar-refractivity contribution >= 4 is 5.91 Å². The van der Waals surface area contributed by atoms with Gasteiger partial charge >= 0.3 is 0 Å². The van der Waals surface area contributed by atoms with Crippen molar-refractivity contribution in [1.29, 1.82) is 0 Å². The number of amides is 1. The van der Waals surface area contributed by atoms with E-state index in [1.807, 2.05) is 25.1 Å². The maximum Gasteiger partial charge on any atom is 0.237 e. The van der Waals surface area contributed by atoms with Crippen LogP contribution in [0.1, 0.15) is 31.7 Å². The molecule has 0 spiro atoms. The Hall–Kier alpha value is -1.39. The number of rotatable bonds is 6. The zero-order chi connectivity index (χ0) is 14.4. The molecule has 0 aromatic heterocycles. The van der Waals surface area contributed by atoms with E-state index in [0.29, 0.717) is 0 Å². The largest absolute Gasteiger partial charge is 0.394 e. The summed E-state index contributed by atoms with van der Waals surface area (Å²) in [5.74, 6) is 0.0549. The number of aliphatic hydroxyl groups excluding tert-OH is 1. The van der Waals surface area contributed by atoms with E-state index in [0.717, 1.165) is 32.4 Å². The monoisotopic (exact) mass is 276 g/mol. The van der Waals surface area contributed by atoms with Crippen molar-refractivity contribution in [2.24, 2.45) is 0 Å². The normalized spacial score (nSPS) is 20.8. The Labute approximate surface area is 120 Å². The summed E-state index contributed by atoms with van der Waals surface area (Å²) < 4.78 is 0. The predicted molar refractivity (Wildman–Crippen MR) is 79.2 cm³/mol. The third-order valence-electron chi connectivity index (χ3n) is 3.95. The average molecular weight is 276 g/mol. The first-order valence-electron chi connectivity index (χ1n) is 7.43. The molecule has 1 aromatic carbocycles. The summed E-state index contributed by atoms with van der Waals surface area (Å²) in [6.07, 6.45) is 2.72. The van der Waals surface area contributed by atoms with Crippen LogP contribution in [0.3, 0.4) is 0 Å². The fourth-order valence-corrected chi connectivity index (χ4v) is 2.70. The van der Waals surface area contributed by atoms with Crippen molar-refractivity contribution < 1.29 is 9.90 Å². The highest BCUT2D eigenvalue weighted by molar-refractivity contribution is 5.82. The summed E-state index contributed by atoms with van der Waals surface area (Å²) in [5.41, 5.74) is 1.24. The maximum atomic E-state index is 12.3. The zero-order valence-electron chi connectivity index (χ0n) is 12.1. The topological polar surface area (TPSA) is 52.6 Å². The molecule has 0 bridgehead atoms. The Morgan fingerprint density at radius 1 is 1.45 bits per heavy atom. The van der Waals surface area contributed by atoms with Crippen LogP contribution in [0.25, 0.3) is 0 Å². The molecule has 2 N–H and O–H groups in total. The van der Waals surface area contributed by atoms with Crippen LogP contribution >= 0.6 is 0 Å². The van der Waals surface area contributed by atoms with Gasteiger partial charge in [0.1, 0.15) is 0 Å². The van der Waals surface area contributed by atoms with Crippen LogP contribution in [0.5, 0.6) is 0 Å². The second-order valence-corrected chi connectivity index (χ2v) is 5.41. The van der Waals surface area contributed by atoms with Crippen molar-refractivity contribution in [3.05, 3.63) is 35.9 Å². The quantitative estimate of drug-likeness (QED) is 0.828. The first-order chi connectivity index (χ1) is 9.74. The minimum absolute atomic E-state index is 0.00758. The molecule has 1 aromatic rings. The van der Waals surface area contributed by atoms with Crippen molar-refractivity contribution in [2.75, 3.05) is 13.2 Å². The van der Waals surface area contributed by atoms with Crippen molar-refractivity contribution in [3.8, 4) is 0 Å². The number of carbonyl (C=O) groups is 1. The lowest BCUT2D eigenvalue weighted by molar-refractivity contribution is -0.126. The molecule has 4 heteroatoms. The van der Waals surface area contributed by atoms with E-state index in [1.165, 1.54) is 5.56 Å². The Balaban J connectivity index is 1.95. The third kappa shape index (κ3) is 3.81. The molecule has 2 unspecified atom stereocenters. The molecule has 4 nitrogen and oxygen atoms in total. The van der Waals surface area contributed by atoms with E-state index in [-0.39, 0.29) is 24.6 Å². The van der Waals surface area contributed by atoms with E-state index >= 15 is 0 Å². The van der Waals surface area contributed by atoms with E-state index in [1.54, 1.807) is 0 Å². The fraction of sp³-hybridized carbons (Fsp3) is 0.562. The molecule has 1 saturated heterocycles. The molecule has 20 heavy (non-hydrogen) atoms. The van der Waals surface area contributed by atoms with Crippen LogP contribution in [0.15, 0.2) is 30.3 Å². The molecule has 2 atom stereocenters. The van der Waals surface area contributed by atoms with Crippen LogP contribution in [-0.4, -0.2) is 41.1 Å². The fourth-order valence-electron chi connectivity index (χ4n) is 2.70. The van der Waals surface area contributed by atoms with E-state index in [9.17, 15) is 9.90 Å². The SMILES string of the molecule is CCC(CO)NC(=O)C1CCCN1Cc1ccccc1. The predicted octanol–water partition coefficient (Wildman–Crippen LogP) is 1.54. The summed E-state index contributed by atoms with van der Waals surface area (Å²) in [4.78, 5) is 14.5. The highest BCUT2D eigenvalue weighted by Gasteiger charge is 2.31. The molecule has 1 aliphatic heterocycles. The summed E-state index contributed by atoms with van der Waals surface area (Å²) in [6, 6.07) is 10.1. The lowest BCUT2D eigenvalue weighted by atomic mass is 10.1. The van der Waals surface area contributed by atoms with Gasteiger partial charge in [-0.05, 0) is 31.4 Å². The Morgan fingerprint density at radius 3 is 2.85 bits per heavy atom. The van der Waals surface area contributed by atoms with Crippen molar-refractivity contribution in [2.45, 2.75) is 44.8 Å². The van der Waals surface area contributed by atoms with Crippen LogP contribution in [-0.2, 0) is 11.3 Å². The van der Waals surface area contributed by atoms with Crippen LogP contribution in [0, 0.1) is 0 Å². The summed E-state index contributed by atoms with van der Waals surface area (Å²) in [6.45, 7) is 3.75. The zero-order valence-corrected chi connectivity index (χ0v) is 12.1. The Kier molecular flexibility index (Phi) is 5.56. The van der Waals surface area contributed by atoms with Crippen molar-refractivity contribution in [3.63, 3.8) is 0 Å². The number of hydrogen-bond donors (Lipinski definition) is 2. The van der Waals surface area contributed by atoms with Gasteiger partial charge in [0.2, 0.25) is 5.91 Å². The Morgan fingerprint density at radius 2 is 2.20 bits per heavy atom. The highest BCUT2D eigenvalue weighted by Crippen LogP contribution is 2.20. The van der Waals surface area contributed by atoms with Gasteiger partial charge in [0, 0.05) is 6.54 Å². The van der Waals surface area contributed by atoms with Gasteiger partial charge in [-0.2, -0.15) is 0 Å². The molecule has 0 aliphatic carbocycles. The lowest BCUT2D eigenvalue weighted by Gasteiger charge is -2.25. The van der Waals surface area contributed by atoms with Crippen LogP contribution in [0.2, 0.25) is 0 Å². The van der Waals surface area contributed by atoms with E-state index in [2.05, 4.69) is 22.3 Å². The minimum atomic E-state index is -0.123. The number of carbonyl (C=O) groups excluding carboxylic acids is 1. The minimum Gasteiger partial charge on any atom is -0.394 e. The maximum absolute atomic E-state index is 12.3. The van der Waals surface area contributed by atoms with Gasteiger partial charge in [0.05, 0.1) is 18.7 Å². The lowest BCUT2D eigenvalue weighted by Crippen LogP contribution is -2.47. The number of nitrogens with zero attached hydrogens (tertiary/aromatic N) is 1. The highest BCUT2D eigenvalue weighted by atomic mass is 16.3. The number of aliphatic hydroxyl groups is 1. The number of hydrogen-bond acceptors (Lipinski definition) is 3. The summed E-state index contributed by atoms with van der Waals surface area (Å²) in [5, 5.41) is 12.1. The van der Waals surface area contributed by atoms with E-state index < -0.39 is 0 Å². The van der Waals surface area contributed by atoms with Gasteiger partial charge < -0.3 is 10.4 Å². The molecule has 2 rings (SSSR count). The molecule has 0 radical (unpaired) electrons. The molecule has 1 amide bonds. The molecule has 1 fully saturated rings. The van der Waals surface area contributed by atoms with E-state index in [4.69, 9.17) is 0 Å². The smallest absolute Gasteiger partial charge is 0.237 e. The first kappa shape index (κ1) is 15.0.